The highest BCUT2D eigenvalue weighted by Crippen LogP contribution is 2.17. The van der Waals surface area contributed by atoms with Crippen molar-refractivity contribution < 1.29 is 0 Å². The fourth-order valence-electron chi connectivity index (χ4n) is 1.12. The predicted molar refractivity (Wildman–Crippen MR) is 66.9 cm³/mol. The number of thioether (sulfide) groups is 1. The lowest BCUT2D eigenvalue weighted by Gasteiger charge is -2.10. The Bertz CT molecular complexity index is 274. The maximum Gasteiger partial charge on any atom is 0.0545 e. The van der Waals surface area contributed by atoms with Crippen LogP contribution in [0.4, 0.5) is 0 Å². The number of rotatable bonds is 6. The van der Waals surface area contributed by atoms with Crippen molar-refractivity contribution in [2.75, 3.05) is 18.1 Å². The van der Waals surface area contributed by atoms with E-state index >= 15 is 0 Å². The van der Waals surface area contributed by atoms with E-state index in [-0.39, 0.29) is 0 Å². The lowest BCUT2D eigenvalue weighted by molar-refractivity contribution is 0.610. The van der Waals surface area contributed by atoms with E-state index in [9.17, 15) is 0 Å². The molecule has 0 aliphatic heterocycles. The molecule has 1 aromatic rings. The molecule has 3 heteroatoms. The van der Waals surface area contributed by atoms with Crippen LogP contribution in [0.1, 0.15) is 17.8 Å². The Hall–Kier alpha value is -0.430. The molecular weight excluding hydrogens is 210 g/mol. The molecule has 0 aliphatic carbocycles. The van der Waals surface area contributed by atoms with Gasteiger partial charge in [0.1, 0.15) is 0 Å². The molecule has 0 aliphatic rings. The highest BCUT2D eigenvalue weighted by molar-refractivity contribution is 7.99. The van der Waals surface area contributed by atoms with Crippen molar-refractivity contribution in [3.05, 3.63) is 22.4 Å². The summed E-state index contributed by atoms with van der Waals surface area (Å²) in [5.74, 6) is 4.52. The highest BCUT2D eigenvalue weighted by atomic mass is 32.2. The number of nitrogens with one attached hydrogen (secondary N) is 1. The molecule has 1 N–H and O–H groups in total. The van der Waals surface area contributed by atoms with Gasteiger partial charge in [0.15, 0.2) is 0 Å². The Balaban J connectivity index is 2.10. The van der Waals surface area contributed by atoms with Crippen LogP contribution >= 0.6 is 23.1 Å². The Morgan fingerprint density at radius 3 is 3.21 bits per heavy atom. The molecule has 1 aromatic heterocycles. The van der Waals surface area contributed by atoms with E-state index in [2.05, 4.69) is 35.7 Å². The molecule has 1 atom stereocenters. The van der Waals surface area contributed by atoms with E-state index in [0.29, 0.717) is 6.04 Å². The summed E-state index contributed by atoms with van der Waals surface area (Å²) in [5.41, 5.74) is 0. The van der Waals surface area contributed by atoms with Gasteiger partial charge in [-0.05, 0) is 18.4 Å². The number of hydrogen-bond acceptors (Lipinski definition) is 3. The van der Waals surface area contributed by atoms with E-state index in [1.165, 1.54) is 4.88 Å². The van der Waals surface area contributed by atoms with Gasteiger partial charge in [0.2, 0.25) is 0 Å². The summed E-state index contributed by atoms with van der Waals surface area (Å²) in [6.07, 6.45) is 5.16. The summed E-state index contributed by atoms with van der Waals surface area (Å²) in [5, 5.41) is 5.58. The zero-order valence-electron chi connectivity index (χ0n) is 8.32. The molecule has 0 radical (unpaired) electrons. The first-order valence-corrected chi connectivity index (χ1v) is 6.66. The van der Waals surface area contributed by atoms with Gasteiger partial charge < -0.3 is 5.32 Å². The molecule has 1 nitrogen and oxygen atoms in total. The zero-order valence-corrected chi connectivity index (χ0v) is 9.96. The second kappa shape index (κ2) is 6.94. The van der Waals surface area contributed by atoms with Crippen LogP contribution in [0.5, 0.6) is 0 Å². The number of thiophene rings is 1. The second-order valence-electron chi connectivity index (χ2n) is 2.95. The average molecular weight is 225 g/mol. The van der Waals surface area contributed by atoms with E-state index < -0.39 is 0 Å². The number of hydrogen-bond donors (Lipinski definition) is 1. The molecule has 0 bridgehead atoms. The van der Waals surface area contributed by atoms with Crippen LogP contribution in [0, 0.1) is 12.3 Å². The Labute approximate surface area is 94.3 Å². The fourth-order valence-corrected chi connectivity index (χ4v) is 2.40. The van der Waals surface area contributed by atoms with Gasteiger partial charge >= 0.3 is 0 Å². The quantitative estimate of drug-likeness (QED) is 0.590. The summed E-state index contributed by atoms with van der Waals surface area (Å²) in [4.78, 5) is 1.40. The van der Waals surface area contributed by atoms with Gasteiger partial charge in [-0.25, -0.2) is 0 Å². The normalized spacial score (nSPS) is 12.3. The molecule has 1 unspecified atom stereocenters. The molecule has 0 aromatic carbocycles. The average Bonchev–Trinajstić information content (AvgIpc) is 2.70. The summed E-state index contributed by atoms with van der Waals surface area (Å²) < 4.78 is 0. The molecule has 0 spiro atoms. The molecule has 1 rings (SSSR count). The maximum absolute atomic E-state index is 5.16. The van der Waals surface area contributed by atoms with E-state index in [1.807, 2.05) is 0 Å². The lowest BCUT2D eigenvalue weighted by Crippen LogP contribution is -2.20. The Morgan fingerprint density at radius 2 is 2.57 bits per heavy atom. The Morgan fingerprint density at radius 1 is 1.71 bits per heavy atom. The third kappa shape index (κ3) is 4.19. The van der Waals surface area contributed by atoms with Crippen molar-refractivity contribution >= 4 is 23.1 Å². The van der Waals surface area contributed by atoms with Crippen molar-refractivity contribution in [3.63, 3.8) is 0 Å². The second-order valence-corrected chi connectivity index (χ2v) is 5.03. The van der Waals surface area contributed by atoms with Crippen molar-refractivity contribution in [2.24, 2.45) is 0 Å². The first-order chi connectivity index (χ1) is 6.84. The van der Waals surface area contributed by atoms with Crippen molar-refractivity contribution in [2.45, 2.75) is 13.0 Å². The van der Waals surface area contributed by atoms with Gasteiger partial charge in [0, 0.05) is 23.2 Å². The molecule has 0 fully saturated rings. The molecule has 76 valence electrons. The third-order valence-electron chi connectivity index (χ3n) is 1.85. The molecular formula is C11H15NS2. The Kier molecular flexibility index (Phi) is 5.77. The van der Waals surface area contributed by atoms with E-state index in [0.717, 1.165) is 18.1 Å². The highest BCUT2D eigenvalue weighted by Gasteiger charge is 2.03. The van der Waals surface area contributed by atoms with Crippen LogP contribution in [-0.2, 0) is 0 Å². The monoisotopic (exact) mass is 225 g/mol. The van der Waals surface area contributed by atoms with Crippen molar-refractivity contribution in [1.29, 1.82) is 0 Å². The fraction of sp³-hybridized carbons (Fsp3) is 0.455. The van der Waals surface area contributed by atoms with Crippen LogP contribution in [0.15, 0.2) is 17.5 Å². The largest absolute Gasteiger partial charge is 0.309 e. The maximum atomic E-state index is 5.16. The van der Waals surface area contributed by atoms with E-state index in [1.54, 1.807) is 23.1 Å². The minimum absolute atomic E-state index is 0.460. The SMILES string of the molecule is C#CCSCCNC(C)c1cccs1. The van der Waals surface area contributed by atoms with Crippen molar-refractivity contribution in [3.8, 4) is 12.3 Å². The zero-order chi connectivity index (χ0) is 10.2. The molecule has 1 heterocycles. The van der Waals surface area contributed by atoms with Gasteiger partial charge in [-0.2, -0.15) is 0 Å². The molecule has 0 saturated carbocycles. The summed E-state index contributed by atoms with van der Waals surface area (Å²) in [6.45, 7) is 3.21. The van der Waals surface area contributed by atoms with Gasteiger partial charge in [-0.1, -0.05) is 12.0 Å². The topological polar surface area (TPSA) is 12.0 Å². The minimum Gasteiger partial charge on any atom is -0.309 e. The van der Waals surface area contributed by atoms with Crippen molar-refractivity contribution in [1.82, 2.24) is 5.32 Å². The number of terminal acetylenes is 1. The summed E-state index contributed by atoms with van der Waals surface area (Å²) in [6, 6.07) is 4.71. The van der Waals surface area contributed by atoms with E-state index in [4.69, 9.17) is 6.42 Å². The van der Waals surface area contributed by atoms with Crippen LogP contribution < -0.4 is 5.32 Å². The first kappa shape index (κ1) is 11.6. The predicted octanol–water partition coefficient (Wildman–Crippen LogP) is 2.77. The standard InChI is InChI=1S/C11H15NS2/c1-3-7-13-9-6-12-10(2)11-5-4-8-14-11/h1,4-5,8,10,12H,6-7,9H2,2H3. The van der Waals surface area contributed by atoms with Crippen LogP contribution in [0.2, 0.25) is 0 Å². The molecule has 0 saturated heterocycles. The van der Waals surface area contributed by atoms with Crippen LogP contribution in [0.25, 0.3) is 0 Å². The van der Waals surface area contributed by atoms with Gasteiger partial charge in [0.25, 0.3) is 0 Å². The lowest BCUT2D eigenvalue weighted by atomic mass is 10.3. The summed E-state index contributed by atoms with van der Waals surface area (Å²) >= 11 is 3.59. The molecule has 14 heavy (non-hydrogen) atoms. The van der Waals surface area contributed by atoms with Crippen LogP contribution in [-0.4, -0.2) is 18.1 Å². The molecule has 0 amide bonds. The van der Waals surface area contributed by atoms with Gasteiger partial charge in [0.05, 0.1) is 5.75 Å². The minimum atomic E-state index is 0.460. The third-order valence-corrected chi connectivity index (χ3v) is 3.77. The van der Waals surface area contributed by atoms with Gasteiger partial charge in [-0.3, -0.25) is 0 Å². The first-order valence-electron chi connectivity index (χ1n) is 4.62. The van der Waals surface area contributed by atoms with Crippen LogP contribution in [0.3, 0.4) is 0 Å². The summed E-state index contributed by atoms with van der Waals surface area (Å²) in [7, 11) is 0. The van der Waals surface area contributed by atoms with Gasteiger partial charge in [-0.15, -0.1) is 29.5 Å². The smallest absolute Gasteiger partial charge is 0.0545 e.